The third kappa shape index (κ3) is 5.11. The van der Waals surface area contributed by atoms with E-state index in [1.54, 1.807) is 13.4 Å². The average molecular weight is 591 g/mol. The van der Waals surface area contributed by atoms with E-state index in [0.717, 1.165) is 22.4 Å². The Kier molecular flexibility index (Phi) is 8.42. The van der Waals surface area contributed by atoms with Gasteiger partial charge >= 0.3 is 0 Å². The Morgan fingerprint density at radius 2 is 1.59 bits per heavy atom. The fraction of sp³-hybridized carbons (Fsp3) is 0.303. The van der Waals surface area contributed by atoms with Crippen molar-refractivity contribution in [1.29, 1.82) is 0 Å². The number of nitrogens with zero attached hydrogens (tertiary/aromatic N) is 7. The second kappa shape index (κ2) is 12.7. The summed E-state index contributed by atoms with van der Waals surface area (Å²) in [5, 5.41) is 7.84. The summed E-state index contributed by atoms with van der Waals surface area (Å²) in [4.78, 5) is 17.2. The molecule has 1 saturated heterocycles. The first-order valence-electron chi connectivity index (χ1n) is 14.7. The van der Waals surface area contributed by atoms with Gasteiger partial charge in [0, 0.05) is 11.5 Å². The number of methoxy groups -OCH3 is 1. The van der Waals surface area contributed by atoms with Gasteiger partial charge in [-0.1, -0.05) is 84.8 Å². The van der Waals surface area contributed by atoms with Crippen LogP contribution in [-0.2, 0) is 15.0 Å². The Morgan fingerprint density at radius 3 is 2.18 bits per heavy atom. The lowest BCUT2D eigenvalue weighted by atomic mass is 9.77. The molecule has 6 rings (SSSR count). The molecule has 4 atom stereocenters. The smallest absolute Gasteiger partial charge is 0.167 e. The maximum Gasteiger partial charge on any atom is 0.167 e. The fourth-order valence-electron chi connectivity index (χ4n) is 6.09. The highest BCUT2D eigenvalue weighted by atomic mass is 16.6. The van der Waals surface area contributed by atoms with Crippen molar-refractivity contribution in [3.05, 3.63) is 125 Å². The van der Waals surface area contributed by atoms with E-state index in [2.05, 4.69) is 56.7 Å². The molecule has 3 aromatic carbocycles. The van der Waals surface area contributed by atoms with Gasteiger partial charge in [0.1, 0.15) is 23.7 Å². The lowest BCUT2D eigenvalue weighted by molar-refractivity contribution is -0.0588. The summed E-state index contributed by atoms with van der Waals surface area (Å²) in [5.41, 5.74) is 12.6. The molecule has 5 aromatic rings. The normalized spacial score (nSPS) is 19.9. The summed E-state index contributed by atoms with van der Waals surface area (Å²) in [6.07, 6.45) is 2.48. The van der Waals surface area contributed by atoms with Gasteiger partial charge in [-0.3, -0.25) is 4.57 Å². The second-order valence-electron chi connectivity index (χ2n) is 10.5. The highest BCUT2D eigenvalue weighted by molar-refractivity contribution is 5.84. The topological polar surface area (TPSA) is 132 Å². The summed E-state index contributed by atoms with van der Waals surface area (Å²) < 4.78 is 19.8. The number of fused-ring (bicyclic) bond motifs is 1. The Hall–Kier alpha value is -4.96. The summed E-state index contributed by atoms with van der Waals surface area (Å²) >= 11 is 0. The van der Waals surface area contributed by atoms with Crippen molar-refractivity contribution in [2.45, 2.75) is 50.3 Å². The Balaban J connectivity index is 1.51. The SMILES string of the molecule is CCO[C@@H]1[C@H](N=[N+]=[N-])[C@@H](CC)O[C@H]1n1cnc2c(NC(c3ccccc3)(c3ccccc3)c3ccc(OC)cc3)ncnc21. The summed E-state index contributed by atoms with van der Waals surface area (Å²) in [7, 11) is 1.66. The van der Waals surface area contributed by atoms with Crippen molar-refractivity contribution < 1.29 is 14.2 Å². The van der Waals surface area contributed by atoms with Gasteiger partial charge in [0.05, 0.1) is 25.6 Å². The average Bonchev–Trinajstić information content (AvgIpc) is 3.66. The van der Waals surface area contributed by atoms with E-state index in [0.29, 0.717) is 30.0 Å². The predicted octanol–water partition coefficient (Wildman–Crippen LogP) is 6.63. The molecule has 11 nitrogen and oxygen atoms in total. The van der Waals surface area contributed by atoms with Crippen LogP contribution in [0, 0.1) is 0 Å². The van der Waals surface area contributed by atoms with Crippen LogP contribution in [0.5, 0.6) is 5.75 Å². The van der Waals surface area contributed by atoms with E-state index in [-0.39, 0.29) is 6.10 Å². The second-order valence-corrected chi connectivity index (χ2v) is 10.5. The van der Waals surface area contributed by atoms with Crippen LogP contribution in [0.4, 0.5) is 5.82 Å². The number of anilines is 1. The Bertz CT molecular complexity index is 1700. The van der Waals surface area contributed by atoms with E-state index in [1.807, 2.05) is 66.9 Å². The number of rotatable bonds is 11. The molecule has 3 heterocycles. The first kappa shape index (κ1) is 29.1. The lowest BCUT2D eigenvalue weighted by Crippen LogP contribution is -2.38. The zero-order valence-corrected chi connectivity index (χ0v) is 24.8. The molecule has 224 valence electrons. The van der Waals surface area contributed by atoms with Gasteiger partial charge in [0.15, 0.2) is 23.2 Å². The molecule has 0 aliphatic carbocycles. The largest absolute Gasteiger partial charge is 0.497 e. The van der Waals surface area contributed by atoms with E-state index in [9.17, 15) is 5.53 Å². The summed E-state index contributed by atoms with van der Waals surface area (Å²) in [5.74, 6) is 1.30. The predicted molar refractivity (Wildman–Crippen MR) is 167 cm³/mol. The van der Waals surface area contributed by atoms with Gasteiger partial charge in [-0.25, -0.2) is 15.0 Å². The van der Waals surface area contributed by atoms with Gasteiger partial charge in [-0.2, -0.15) is 0 Å². The van der Waals surface area contributed by atoms with Gasteiger partial charge in [-0.05, 0) is 47.7 Å². The van der Waals surface area contributed by atoms with Crippen molar-refractivity contribution in [2.75, 3.05) is 19.0 Å². The number of benzene rings is 3. The van der Waals surface area contributed by atoms with Crippen molar-refractivity contribution in [3.8, 4) is 5.75 Å². The highest BCUT2D eigenvalue weighted by Gasteiger charge is 2.46. The molecule has 44 heavy (non-hydrogen) atoms. The molecule has 0 bridgehead atoms. The Labute approximate surface area is 255 Å². The molecule has 1 N–H and O–H groups in total. The van der Waals surface area contributed by atoms with Gasteiger partial charge in [0.25, 0.3) is 0 Å². The molecule has 1 fully saturated rings. The number of aromatic nitrogens is 4. The van der Waals surface area contributed by atoms with Crippen LogP contribution in [-0.4, -0.2) is 51.5 Å². The number of hydrogen-bond donors (Lipinski definition) is 1. The van der Waals surface area contributed by atoms with Crippen molar-refractivity contribution in [1.82, 2.24) is 19.5 Å². The summed E-state index contributed by atoms with van der Waals surface area (Å²) in [6.45, 7) is 4.34. The first-order valence-corrected chi connectivity index (χ1v) is 14.7. The fourth-order valence-corrected chi connectivity index (χ4v) is 6.09. The number of nitrogens with one attached hydrogen (secondary N) is 1. The molecular formula is C33H34N8O3. The maximum atomic E-state index is 9.26. The van der Waals surface area contributed by atoms with Crippen LogP contribution >= 0.6 is 0 Å². The van der Waals surface area contributed by atoms with E-state index in [4.69, 9.17) is 24.2 Å². The van der Waals surface area contributed by atoms with Crippen molar-refractivity contribution in [3.63, 3.8) is 0 Å². The molecule has 11 heteroatoms. The molecule has 0 radical (unpaired) electrons. The van der Waals surface area contributed by atoms with Crippen LogP contribution < -0.4 is 10.1 Å². The third-order valence-corrected chi connectivity index (χ3v) is 8.13. The van der Waals surface area contributed by atoms with Crippen LogP contribution in [0.15, 0.2) is 103 Å². The quantitative estimate of drug-likeness (QED) is 0.0790. The molecular weight excluding hydrogens is 556 g/mol. The number of azide groups is 1. The maximum absolute atomic E-state index is 9.26. The first-order chi connectivity index (χ1) is 21.6. The van der Waals surface area contributed by atoms with Crippen LogP contribution in [0.3, 0.4) is 0 Å². The van der Waals surface area contributed by atoms with E-state index >= 15 is 0 Å². The number of hydrogen-bond acceptors (Lipinski definition) is 8. The number of imidazole rings is 1. The summed E-state index contributed by atoms with van der Waals surface area (Å²) in [6, 6.07) is 28.0. The Morgan fingerprint density at radius 1 is 0.932 bits per heavy atom. The number of ether oxygens (including phenoxy) is 3. The van der Waals surface area contributed by atoms with Gasteiger partial charge < -0.3 is 19.5 Å². The zero-order valence-electron chi connectivity index (χ0n) is 24.8. The monoisotopic (exact) mass is 590 g/mol. The minimum Gasteiger partial charge on any atom is -0.497 e. The minimum atomic E-state index is -0.850. The lowest BCUT2D eigenvalue weighted by Gasteiger charge is -2.37. The molecule has 0 amide bonds. The van der Waals surface area contributed by atoms with Crippen LogP contribution in [0.25, 0.3) is 21.6 Å². The van der Waals surface area contributed by atoms with Gasteiger partial charge in [-0.15, -0.1) is 0 Å². The molecule has 1 aliphatic heterocycles. The molecule has 0 spiro atoms. The standard InChI is InChI=1S/C33H34N8O3/c1-4-26-27(39-40-34)29(43-5-2)32(44-26)41-21-37-28-30(35-20-36-31(28)41)38-33(22-12-8-6-9-13-22,23-14-10-7-11-15-23)24-16-18-25(42-3)19-17-24/h6-21,26-27,29,32H,4-5H2,1-3H3,(H,35,36,38)/t26-,27-,29-,32-/m1/s1. The van der Waals surface area contributed by atoms with E-state index < -0.39 is 23.9 Å². The minimum absolute atomic E-state index is 0.303. The van der Waals surface area contributed by atoms with Gasteiger partial charge in [0.2, 0.25) is 0 Å². The molecule has 2 aromatic heterocycles. The van der Waals surface area contributed by atoms with Crippen LogP contribution in [0.2, 0.25) is 0 Å². The molecule has 0 saturated carbocycles. The molecule has 1 aliphatic rings. The zero-order chi connectivity index (χ0) is 30.5. The molecule has 0 unspecified atom stereocenters. The van der Waals surface area contributed by atoms with Crippen molar-refractivity contribution >= 4 is 17.0 Å². The third-order valence-electron chi connectivity index (χ3n) is 8.13. The van der Waals surface area contributed by atoms with E-state index in [1.165, 1.54) is 6.33 Å². The van der Waals surface area contributed by atoms with Crippen molar-refractivity contribution in [2.24, 2.45) is 5.11 Å². The van der Waals surface area contributed by atoms with Crippen LogP contribution in [0.1, 0.15) is 43.2 Å². The highest BCUT2D eigenvalue weighted by Crippen LogP contribution is 2.42.